The zero-order chi connectivity index (χ0) is 48.8. The molecule has 0 spiro atoms. The second-order valence-electron chi connectivity index (χ2n) is 18.0. The molecule has 3 fully saturated rings. The molecule has 0 bridgehead atoms. The van der Waals surface area contributed by atoms with Crippen LogP contribution in [0.4, 0.5) is 23.2 Å². The molecule has 5 aromatic carbocycles. The van der Waals surface area contributed by atoms with Crippen molar-refractivity contribution in [3.63, 3.8) is 0 Å². The number of carboxylic acids is 1. The average Bonchev–Trinajstić information content (AvgIpc) is 3.82. The fourth-order valence-electron chi connectivity index (χ4n) is 9.44. The molecule has 2 saturated carbocycles. The molecular formula is C56H58F4N4NiO5. The maximum atomic E-state index is 13.8. The first-order valence-corrected chi connectivity index (χ1v) is 23.9. The number of ether oxygens (including phenoxy) is 1. The Morgan fingerprint density at radius 1 is 0.629 bits per heavy atom. The van der Waals surface area contributed by atoms with E-state index < -0.39 is 41.8 Å². The Balaban J connectivity index is 0.000000243. The van der Waals surface area contributed by atoms with Crippen LogP contribution in [0.15, 0.2) is 161 Å². The predicted molar refractivity (Wildman–Crippen MR) is 257 cm³/mol. The smallest absolute Gasteiger partial charge is 0.861 e. The SMILES string of the molecule is CCOC(=O)C(N=C(c1ccccc1)c1ccccc1)C1CCC(F)(F)CC1.O=C([O-])[C@@H](N=C(c1ccccc1)c1ccccc1N=C([O-])[C@@H]1CCCN1Cc1ccccc1)C1CCC(F)(F)CC1.[Ni+2]. The molecule has 1 aliphatic heterocycles. The van der Waals surface area contributed by atoms with Gasteiger partial charge in [-0.1, -0.05) is 140 Å². The van der Waals surface area contributed by atoms with E-state index in [1.807, 2.05) is 109 Å². The maximum Gasteiger partial charge on any atom is 2.00 e. The van der Waals surface area contributed by atoms with Gasteiger partial charge in [-0.15, -0.1) is 0 Å². The molecule has 14 heteroatoms. The molecule has 370 valence electrons. The molecular weight excluding hydrogens is 943 g/mol. The molecule has 0 radical (unpaired) electrons. The summed E-state index contributed by atoms with van der Waals surface area (Å²) in [5, 5.41) is 25.8. The average molecular weight is 1000 g/mol. The molecule has 1 unspecified atom stereocenters. The summed E-state index contributed by atoms with van der Waals surface area (Å²) in [6.07, 6.45) is 1.03. The van der Waals surface area contributed by atoms with Crippen LogP contribution < -0.4 is 10.2 Å². The number of benzene rings is 5. The molecule has 2 aliphatic carbocycles. The number of carbonyl (C=O) groups is 2. The third-order valence-corrected chi connectivity index (χ3v) is 13.1. The maximum absolute atomic E-state index is 13.8. The molecule has 1 saturated heterocycles. The summed E-state index contributed by atoms with van der Waals surface area (Å²) in [4.78, 5) is 41.1. The van der Waals surface area contributed by atoms with E-state index in [-0.39, 0.29) is 92.3 Å². The van der Waals surface area contributed by atoms with Crippen molar-refractivity contribution >= 4 is 34.9 Å². The standard InChI is InChI=1S/C33H35F2N3O3.C23H25F2NO2.Ni/c34-33(35)19-17-25(18-20-33)30(32(40)41)37-29(24-12-5-2-6-13-24)26-14-7-8-15-27(26)36-31(39)28-16-9-21-38(28)22-23-10-3-1-4-11-23;1-2-28-22(27)21(19-13-15-23(24,25)16-14-19)26-20(17-9-5-3-6-10-17)18-11-7-4-8-12-18;/h1-8,10-15,25,28,30H,9,16-22H2,(H,36,39)(H,40,41);3-12,19,21H,2,13-16H2,1H3;/q;;+2/p-2/t28-,30-;;/m0../s1. The molecule has 5 aromatic rings. The van der Waals surface area contributed by atoms with Gasteiger partial charge in [0.25, 0.3) is 0 Å². The van der Waals surface area contributed by atoms with E-state index >= 15 is 0 Å². The minimum Gasteiger partial charge on any atom is -0.861 e. The first kappa shape index (κ1) is 53.4. The van der Waals surface area contributed by atoms with Crippen LogP contribution in [0.25, 0.3) is 0 Å². The number of carboxylic acid groups (broad SMARTS) is 1. The number of alkyl halides is 4. The number of rotatable bonds is 15. The molecule has 3 aliphatic rings. The van der Waals surface area contributed by atoms with E-state index in [1.165, 1.54) is 0 Å². The number of halogens is 4. The van der Waals surface area contributed by atoms with Crippen LogP contribution in [-0.2, 0) is 37.4 Å². The van der Waals surface area contributed by atoms with Gasteiger partial charge in [0.15, 0.2) is 6.04 Å². The van der Waals surface area contributed by atoms with Crippen LogP contribution in [0.1, 0.15) is 98.9 Å². The normalized spacial score (nSPS) is 19.4. The molecule has 9 nitrogen and oxygen atoms in total. The van der Waals surface area contributed by atoms with E-state index in [4.69, 9.17) is 9.73 Å². The minimum atomic E-state index is -2.79. The molecule has 70 heavy (non-hydrogen) atoms. The topological polar surface area (TPSA) is 130 Å². The van der Waals surface area contributed by atoms with Crippen molar-refractivity contribution in [2.75, 3.05) is 13.2 Å². The van der Waals surface area contributed by atoms with Crippen molar-refractivity contribution in [1.82, 2.24) is 4.90 Å². The van der Waals surface area contributed by atoms with Gasteiger partial charge in [0.2, 0.25) is 11.8 Å². The van der Waals surface area contributed by atoms with Gasteiger partial charge in [-0.2, -0.15) is 0 Å². The zero-order valence-electron chi connectivity index (χ0n) is 39.1. The first-order chi connectivity index (χ1) is 33.3. The van der Waals surface area contributed by atoms with Gasteiger partial charge < -0.3 is 19.7 Å². The van der Waals surface area contributed by atoms with Crippen molar-refractivity contribution in [3.8, 4) is 0 Å². The number of esters is 1. The number of aliphatic carboxylic acids is 1. The number of hydrogen-bond acceptors (Lipinski definition) is 9. The summed E-state index contributed by atoms with van der Waals surface area (Å²) >= 11 is 0. The van der Waals surface area contributed by atoms with Crippen LogP contribution in [-0.4, -0.2) is 77.3 Å². The first-order valence-electron chi connectivity index (χ1n) is 23.9. The Labute approximate surface area is 417 Å². The molecule has 0 aromatic heterocycles. The van der Waals surface area contributed by atoms with Crippen molar-refractivity contribution in [2.24, 2.45) is 26.8 Å². The number of carbonyl (C=O) groups excluding carboxylic acids is 2. The molecule has 0 amide bonds. The Kier molecular flexibility index (Phi) is 19.2. The van der Waals surface area contributed by atoms with E-state index in [9.17, 15) is 37.4 Å². The van der Waals surface area contributed by atoms with Crippen LogP contribution in [0.3, 0.4) is 0 Å². The largest absolute Gasteiger partial charge is 2.00 e. The summed E-state index contributed by atoms with van der Waals surface area (Å²) in [5.74, 6) is -8.37. The van der Waals surface area contributed by atoms with E-state index in [2.05, 4.69) is 14.9 Å². The van der Waals surface area contributed by atoms with Crippen molar-refractivity contribution in [1.29, 1.82) is 0 Å². The van der Waals surface area contributed by atoms with Gasteiger partial charge in [0.1, 0.15) is 0 Å². The van der Waals surface area contributed by atoms with Gasteiger partial charge in [0.05, 0.1) is 35.7 Å². The van der Waals surface area contributed by atoms with Crippen molar-refractivity contribution in [2.45, 2.75) is 108 Å². The van der Waals surface area contributed by atoms with Crippen LogP contribution in [0, 0.1) is 11.8 Å². The Bertz CT molecular complexity index is 2490. The fraction of sp³-hybridized carbons (Fsp3) is 0.375. The van der Waals surface area contributed by atoms with E-state index in [0.29, 0.717) is 41.2 Å². The van der Waals surface area contributed by atoms with E-state index in [1.54, 1.807) is 43.3 Å². The minimum absolute atomic E-state index is 0. The van der Waals surface area contributed by atoms with Crippen LogP contribution in [0.5, 0.6) is 0 Å². The zero-order valence-corrected chi connectivity index (χ0v) is 40.1. The third-order valence-electron chi connectivity index (χ3n) is 13.1. The van der Waals surface area contributed by atoms with Gasteiger partial charge in [-0.05, 0) is 81.4 Å². The monoisotopic (exact) mass is 1000 g/mol. The number of para-hydroxylation sites is 1. The molecule has 1 heterocycles. The number of likely N-dealkylation sites (tertiary alicyclic amines) is 1. The Hall–Kier alpha value is -5.98. The van der Waals surface area contributed by atoms with Gasteiger partial charge >= 0.3 is 22.5 Å². The summed E-state index contributed by atoms with van der Waals surface area (Å²) in [6, 6.07) is 42.8. The third kappa shape index (κ3) is 14.5. The van der Waals surface area contributed by atoms with Gasteiger partial charge in [-0.25, -0.2) is 22.4 Å². The fourth-order valence-corrected chi connectivity index (χ4v) is 9.44. The van der Waals surface area contributed by atoms with Crippen LogP contribution >= 0.6 is 0 Å². The van der Waals surface area contributed by atoms with Crippen molar-refractivity contribution in [3.05, 3.63) is 173 Å². The summed E-state index contributed by atoms with van der Waals surface area (Å²) in [7, 11) is 0. The van der Waals surface area contributed by atoms with Crippen LogP contribution in [0.2, 0.25) is 0 Å². The number of aliphatic imine (C=N–C) groups is 3. The summed E-state index contributed by atoms with van der Waals surface area (Å²) in [5.41, 5.74) is 5.44. The quantitative estimate of drug-likeness (QED) is 0.0338. The number of hydrogen-bond donors (Lipinski definition) is 0. The second kappa shape index (κ2) is 25.2. The summed E-state index contributed by atoms with van der Waals surface area (Å²) < 4.78 is 60.2. The predicted octanol–water partition coefficient (Wildman–Crippen LogP) is 9.80. The molecule has 0 N–H and O–H groups in total. The Morgan fingerprint density at radius 3 is 1.57 bits per heavy atom. The molecule has 3 atom stereocenters. The molecule has 8 rings (SSSR count). The van der Waals surface area contributed by atoms with Gasteiger partial charge in [0, 0.05) is 60.5 Å². The Morgan fingerprint density at radius 2 is 1.07 bits per heavy atom. The number of nitrogens with zero attached hydrogens (tertiary/aromatic N) is 4. The van der Waals surface area contributed by atoms with Crippen molar-refractivity contribution < 1.29 is 58.6 Å². The van der Waals surface area contributed by atoms with E-state index in [0.717, 1.165) is 29.7 Å². The van der Waals surface area contributed by atoms with Gasteiger partial charge in [-0.3, -0.25) is 19.9 Å². The summed E-state index contributed by atoms with van der Waals surface area (Å²) in [6.45, 7) is 3.43. The second-order valence-corrected chi connectivity index (χ2v) is 18.0.